The van der Waals surface area contributed by atoms with E-state index >= 15 is 0 Å². The third-order valence-corrected chi connectivity index (χ3v) is 7.67. The SMILES string of the molecule is O=C(Nc1ccccc1C(=O)NC[C@@H]1CCCO1)c1ccc(S(=O)(=O)N2CCCC2)cc1. The van der Waals surface area contributed by atoms with Crippen molar-refractivity contribution in [3.05, 3.63) is 59.7 Å². The van der Waals surface area contributed by atoms with Gasteiger partial charge in [0.15, 0.2) is 0 Å². The van der Waals surface area contributed by atoms with Crippen molar-refractivity contribution >= 4 is 27.5 Å². The van der Waals surface area contributed by atoms with Gasteiger partial charge in [0, 0.05) is 31.8 Å². The molecule has 2 heterocycles. The highest BCUT2D eigenvalue weighted by Gasteiger charge is 2.27. The van der Waals surface area contributed by atoms with Crippen LogP contribution in [-0.4, -0.2) is 56.9 Å². The molecule has 2 aromatic carbocycles. The molecule has 0 spiro atoms. The summed E-state index contributed by atoms with van der Waals surface area (Å²) in [6, 6.07) is 12.6. The summed E-state index contributed by atoms with van der Waals surface area (Å²) in [5.41, 5.74) is 1.04. The van der Waals surface area contributed by atoms with Crippen LogP contribution in [0, 0.1) is 0 Å². The van der Waals surface area contributed by atoms with Crippen LogP contribution in [0.25, 0.3) is 0 Å². The van der Waals surface area contributed by atoms with Gasteiger partial charge in [0.25, 0.3) is 11.8 Å². The molecule has 0 unspecified atom stereocenters. The number of sulfonamides is 1. The van der Waals surface area contributed by atoms with Gasteiger partial charge in [0.1, 0.15) is 0 Å². The van der Waals surface area contributed by atoms with Crippen molar-refractivity contribution in [2.45, 2.75) is 36.7 Å². The molecule has 4 rings (SSSR count). The van der Waals surface area contributed by atoms with Gasteiger partial charge in [-0.25, -0.2) is 8.42 Å². The zero-order valence-electron chi connectivity index (χ0n) is 17.7. The van der Waals surface area contributed by atoms with E-state index in [9.17, 15) is 18.0 Å². The molecule has 2 fully saturated rings. The second-order valence-electron chi connectivity index (χ2n) is 7.98. The van der Waals surface area contributed by atoms with Gasteiger partial charge < -0.3 is 15.4 Å². The van der Waals surface area contributed by atoms with Crippen molar-refractivity contribution < 1.29 is 22.7 Å². The number of hydrogen-bond donors (Lipinski definition) is 2. The van der Waals surface area contributed by atoms with E-state index in [1.807, 2.05) is 0 Å². The summed E-state index contributed by atoms with van der Waals surface area (Å²) >= 11 is 0. The lowest BCUT2D eigenvalue weighted by atomic mass is 10.1. The van der Waals surface area contributed by atoms with E-state index < -0.39 is 15.9 Å². The lowest BCUT2D eigenvalue weighted by molar-refractivity contribution is 0.0858. The Morgan fingerprint density at radius 1 is 0.969 bits per heavy atom. The van der Waals surface area contributed by atoms with Crippen LogP contribution in [0.4, 0.5) is 5.69 Å². The highest BCUT2D eigenvalue weighted by atomic mass is 32.2. The quantitative estimate of drug-likeness (QED) is 0.665. The first-order chi connectivity index (χ1) is 15.4. The van der Waals surface area contributed by atoms with E-state index in [0.29, 0.717) is 43.1 Å². The highest BCUT2D eigenvalue weighted by Crippen LogP contribution is 2.22. The molecule has 170 valence electrons. The van der Waals surface area contributed by atoms with Gasteiger partial charge in [-0.3, -0.25) is 9.59 Å². The van der Waals surface area contributed by atoms with Crippen LogP contribution in [0.2, 0.25) is 0 Å². The Hall–Kier alpha value is -2.75. The molecule has 0 aromatic heterocycles. The third-order valence-electron chi connectivity index (χ3n) is 5.75. The molecule has 8 nitrogen and oxygen atoms in total. The maximum atomic E-state index is 12.8. The van der Waals surface area contributed by atoms with Gasteiger partial charge in [-0.15, -0.1) is 0 Å². The molecular formula is C23H27N3O5S. The third kappa shape index (κ3) is 5.01. The molecule has 2 N–H and O–H groups in total. The smallest absolute Gasteiger partial charge is 0.255 e. The van der Waals surface area contributed by atoms with E-state index in [0.717, 1.165) is 25.7 Å². The number of carbonyl (C=O) groups excluding carboxylic acids is 2. The van der Waals surface area contributed by atoms with Crippen molar-refractivity contribution in [3.8, 4) is 0 Å². The Bertz CT molecular complexity index is 1070. The van der Waals surface area contributed by atoms with Gasteiger partial charge in [0.05, 0.1) is 22.3 Å². The minimum absolute atomic E-state index is 0.0241. The normalized spacial score (nSPS) is 19.1. The molecule has 2 amide bonds. The van der Waals surface area contributed by atoms with Gasteiger partial charge >= 0.3 is 0 Å². The summed E-state index contributed by atoms with van der Waals surface area (Å²) < 4.78 is 32.3. The highest BCUT2D eigenvalue weighted by molar-refractivity contribution is 7.89. The molecule has 0 saturated carbocycles. The minimum Gasteiger partial charge on any atom is -0.376 e. The zero-order valence-corrected chi connectivity index (χ0v) is 18.6. The summed E-state index contributed by atoms with van der Waals surface area (Å²) in [6.45, 7) is 2.19. The minimum atomic E-state index is -3.53. The summed E-state index contributed by atoms with van der Waals surface area (Å²) in [7, 11) is -3.53. The number of nitrogens with one attached hydrogen (secondary N) is 2. The molecule has 2 aromatic rings. The number of hydrogen-bond acceptors (Lipinski definition) is 5. The number of nitrogens with zero attached hydrogens (tertiary/aromatic N) is 1. The predicted octanol–water partition coefficient (Wildman–Crippen LogP) is 2.63. The maximum Gasteiger partial charge on any atom is 0.255 e. The van der Waals surface area contributed by atoms with Crippen LogP contribution < -0.4 is 10.6 Å². The average molecular weight is 458 g/mol. The number of ether oxygens (including phenoxy) is 1. The topological polar surface area (TPSA) is 105 Å². The Morgan fingerprint density at radius 2 is 1.69 bits per heavy atom. The van der Waals surface area contributed by atoms with Crippen LogP contribution in [-0.2, 0) is 14.8 Å². The fourth-order valence-electron chi connectivity index (χ4n) is 3.95. The van der Waals surface area contributed by atoms with Crippen molar-refractivity contribution in [2.24, 2.45) is 0 Å². The summed E-state index contributed by atoms with van der Waals surface area (Å²) in [5, 5.41) is 5.62. The Morgan fingerprint density at radius 3 is 2.38 bits per heavy atom. The van der Waals surface area contributed by atoms with E-state index in [-0.39, 0.29) is 16.9 Å². The van der Waals surface area contributed by atoms with Crippen molar-refractivity contribution in [3.63, 3.8) is 0 Å². The van der Waals surface area contributed by atoms with Crippen LogP contribution in [0.3, 0.4) is 0 Å². The number of carbonyl (C=O) groups is 2. The van der Waals surface area contributed by atoms with Crippen molar-refractivity contribution in [1.82, 2.24) is 9.62 Å². The van der Waals surface area contributed by atoms with Crippen LogP contribution in [0.5, 0.6) is 0 Å². The second kappa shape index (κ2) is 9.81. The molecule has 1 atom stereocenters. The summed E-state index contributed by atoms with van der Waals surface area (Å²) in [5.74, 6) is -0.710. The molecule has 2 saturated heterocycles. The molecule has 2 aliphatic rings. The molecule has 32 heavy (non-hydrogen) atoms. The second-order valence-corrected chi connectivity index (χ2v) is 9.92. The molecule has 2 aliphatic heterocycles. The standard InChI is InChI=1S/C23H27N3O5S/c27-22(17-9-11-19(12-10-17)32(29,30)26-13-3-4-14-26)25-21-8-2-1-7-20(21)23(28)24-16-18-6-5-15-31-18/h1-2,7-12,18H,3-6,13-16H2,(H,24,28)(H,25,27)/t18-/m0/s1. The number of para-hydroxylation sites is 1. The first-order valence-electron chi connectivity index (χ1n) is 10.9. The molecular weight excluding hydrogens is 430 g/mol. The Kier molecular flexibility index (Phi) is 6.88. The van der Waals surface area contributed by atoms with Gasteiger partial charge in [-0.2, -0.15) is 4.31 Å². The van der Waals surface area contributed by atoms with Gasteiger partial charge in [0.2, 0.25) is 10.0 Å². The Balaban J connectivity index is 1.43. The monoisotopic (exact) mass is 457 g/mol. The van der Waals surface area contributed by atoms with E-state index in [1.165, 1.54) is 28.6 Å². The van der Waals surface area contributed by atoms with Crippen molar-refractivity contribution in [1.29, 1.82) is 0 Å². The van der Waals surface area contributed by atoms with Gasteiger partial charge in [-0.05, 0) is 62.1 Å². The first kappa shape index (κ1) is 22.4. The summed E-state index contributed by atoms with van der Waals surface area (Å²) in [6.07, 6.45) is 3.66. The average Bonchev–Trinajstić information content (AvgIpc) is 3.52. The van der Waals surface area contributed by atoms with Gasteiger partial charge in [-0.1, -0.05) is 12.1 Å². The zero-order chi connectivity index (χ0) is 22.6. The predicted molar refractivity (Wildman–Crippen MR) is 120 cm³/mol. The Labute approximate surface area is 188 Å². The summed E-state index contributed by atoms with van der Waals surface area (Å²) in [4.78, 5) is 25.6. The molecule has 0 bridgehead atoms. The van der Waals surface area contributed by atoms with E-state index in [1.54, 1.807) is 24.3 Å². The van der Waals surface area contributed by atoms with Crippen LogP contribution in [0.1, 0.15) is 46.4 Å². The van der Waals surface area contributed by atoms with E-state index in [2.05, 4.69) is 10.6 Å². The van der Waals surface area contributed by atoms with Crippen LogP contribution in [0.15, 0.2) is 53.4 Å². The van der Waals surface area contributed by atoms with Crippen molar-refractivity contribution in [2.75, 3.05) is 31.6 Å². The number of amides is 2. The van der Waals surface area contributed by atoms with Crippen LogP contribution >= 0.6 is 0 Å². The lowest BCUT2D eigenvalue weighted by Crippen LogP contribution is -2.32. The number of rotatable bonds is 7. The van der Waals surface area contributed by atoms with E-state index in [4.69, 9.17) is 4.74 Å². The fourth-order valence-corrected chi connectivity index (χ4v) is 5.46. The molecule has 9 heteroatoms. The number of benzene rings is 2. The first-order valence-corrected chi connectivity index (χ1v) is 12.3. The largest absolute Gasteiger partial charge is 0.376 e. The maximum absolute atomic E-state index is 12.8. The molecule has 0 aliphatic carbocycles. The fraction of sp³-hybridized carbons (Fsp3) is 0.391. The molecule has 0 radical (unpaired) electrons. The lowest BCUT2D eigenvalue weighted by Gasteiger charge is -2.16. The number of anilines is 1.